The van der Waals surface area contributed by atoms with Crippen molar-refractivity contribution >= 4 is 40.2 Å². The fourth-order valence-corrected chi connectivity index (χ4v) is 3.22. The average molecular weight is 322 g/mol. The monoisotopic (exact) mass is 321 g/mol. The summed E-state index contributed by atoms with van der Waals surface area (Å²) < 4.78 is 0. The highest BCUT2D eigenvalue weighted by atomic mass is 35.5. The first-order chi connectivity index (χ1) is 10.1. The molecule has 1 heterocycles. The summed E-state index contributed by atoms with van der Waals surface area (Å²) in [5, 5.41) is 7.84. The Morgan fingerprint density at radius 1 is 1.48 bits per heavy atom. The van der Waals surface area contributed by atoms with E-state index in [4.69, 9.17) is 11.6 Å². The van der Waals surface area contributed by atoms with E-state index in [1.54, 1.807) is 17.4 Å². The fraction of sp³-hybridized carbons (Fsp3) is 0.333. The van der Waals surface area contributed by atoms with Crippen LogP contribution in [-0.4, -0.2) is 10.9 Å². The molecular weight excluding hydrogens is 306 g/mol. The van der Waals surface area contributed by atoms with Crippen molar-refractivity contribution in [2.45, 2.75) is 32.2 Å². The van der Waals surface area contributed by atoms with E-state index in [0.29, 0.717) is 16.6 Å². The van der Waals surface area contributed by atoms with Crippen molar-refractivity contribution in [3.05, 3.63) is 39.3 Å². The molecule has 0 unspecified atom stereocenters. The zero-order valence-corrected chi connectivity index (χ0v) is 13.2. The number of aromatic nitrogens is 1. The Balaban J connectivity index is 1.64. The lowest BCUT2D eigenvalue weighted by Crippen LogP contribution is -2.07. The molecule has 110 valence electrons. The third-order valence-electron chi connectivity index (χ3n) is 3.24. The lowest BCUT2D eigenvalue weighted by atomic mass is 10.2. The van der Waals surface area contributed by atoms with Gasteiger partial charge in [0.05, 0.1) is 22.3 Å². The molecule has 1 amide bonds. The molecule has 1 aliphatic carbocycles. The van der Waals surface area contributed by atoms with Crippen LogP contribution in [0, 0.1) is 0 Å². The van der Waals surface area contributed by atoms with Crippen molar-refractivity contribution in [1.29, 1.82) is 0 Å². The number of carbonyl (C=O) groups is 1. The number of nitrogens with zero attached hydrogens (tertiary/aromatic N) is 1. The van der Waals surface area contributed by atoms with Crippen molar-refractivity contribution < 1.29 is 4.79 Å². The van der Waals surface area contributed by atoms with Gasteiger partial charge < -0.3 is 10.6 Å². The molecule has 0 radical (unpaired) electrons. The Morgan fingerprint density at radius 2 is 2.29 bits per heavy atom. The van der Waals surface area contributed by atoms with Gasteiger partial charge in [0.2, 0.25) is 5.91 Å². The minimum atomic E-state index is -0.134. The lowest BCUT2D eigenvalue weighted by molar-refractivity contribution is -0.114. The lowest BCUT2D eigenvalue weighted by Gasteiger charge is -2.09. The van der Waals surface area contributed by atoms with Crippen LogP contribution >= 0.6 is 22.9 Å². The van der Waals surface area contributed by atoms with Crippen LogP contribution in [0.2, 0.25) is 5.02 Å². The van der Waals surface area contributed by atoms with Gasteiger partial charge in [-0.1, -0.05) is 11.6 Å². The molecule has 21 heavy (non-hydrogen) atoms. The molecule has 1 aromatic carbocycles. The summed E-state index contributed by atoms with van der Waals surface area (Å²) >= 11 is 7.82. The molecule has 1 aromatic heterocycles. The van der Waals surface area contributed by atoms with Crippen LogP contribution in [0.1, 0.15) is 35.6 Å². The van der Waals surface area contributed by atoms with Gasteiger partial charge in [-0.3, -0.25) is 4.79 Å². The van der Waals surface area contributed by atoms with Gasteiger partial charge in [-0.05, 0) is 31.0 Å². The minimum Gasteiger partial charge on any atom is -0.380 e. The molecule has 4 nitrogen and oxygen atoms in total. The van der Waals surface area contributed by atoms with Crippen LogP contribution in [0.4, 0.5) is 11.4 Å². The maximum atomic E-state index is 11.1. The maximum Gasteiger partial charge on any atom is 0.221 e. The number of amides is 1. The molecule has 6 heteroatoms. The predicted octanol–water partition coefficient (Wildman–Crippen LogP) is 4.24. The van der Waals surface area contributed by atoms with Crippen molar-refractivity contribution in [2.75, 3.05) is 10.6 Å². The Hall–Kier alpha value is -1.59. The van der Waals surface area contributed by atoms with Gasteiger partial charge in [-0.2, -0.15) is 0 Å². The Labute approximate surface area is 132 Å². The number of benzene rings is 1. The summed E-state index contributed by atoms with van der Waals surface area (Å²) in [5.74, 6) is 0.566. The summed E-state index contributed by atoms with van der Waals surface area (Å²) in [4.78, 5) is 16.8. The molecule has 2 N–H and O–H groups in total. The van der Waals surface area contributed by atoms with Gasteiger partial charge in [0.1, 0.15) is 0 Å². The van der Waals surface area contributed by atoms with E-state index in [1.165, 1.54) is 29.7 Å². The third kappa shape index (κ3) is 3.74. The first kappa shape index (κ1) is 14.4. The number of rotatable bonds is 5. The maximum absolute atomic E-state index is 11.1. The fourth-order valence-electron chi connectivity index (χ4n) is 2.03. The Bertz CT molecular complexity index is 667. The van der Waals surface area contributed by atoms with Crippen LogP contribution < -0.4 is 10.6 Å². The molecule has 0 saturated heterocycles. The number of nitrogens with one attached hydrogen (secondary N) is 2. The van der Waals surface area contributed by atoms with E-state index in [0.717, 1.165) is 12.2 Å². The van der Waals surface area contributed by atoms with Crippen LogP contribution in [0.25, 0.3) is 0 Å². The second kappa shape index (κ2) is 6.03. The van der Waals surface area contributed by atoms with Gasteiger partial charge in [0.15, 0.2) is 0 Å². The largest absolute Gasteiger partial charge is 0.380 e. The van der Waals surface area contributed by atoms with E-state index in [1.807, 2.05) is 18.3 Å². The predicted molar refractivity (Wildman–Crippen MR) is 87.2 cm³/mol. The van der Waals surface area contributed by atoms with Crippen LogP contribution in [-0.2, 0) is 11.3 Å². The summed E-state index contributed by atoms with van der Waals surface area (Å²) in [6.07, 6.45) is 4.49. The van der Waals surface area contributed by atoms with Gasteiger partial charge >= 0.3 is 0 Å². The molecule has 2 aromatic rings. The molecule has 0 spiro atoms. The number of thiazole rings is 1. The zero-order valence-electron chi connectivity index (χ0n) is 11.6. The average Bonchev–Trinajstić information content (AvgIpc) is 3.18. The van der Waals surface area contributed by atoms with Gasteiger partial charge in [0, 0.05) is 29.6 Å². The van der Waals surface area contributed by atoms with E-state index < -0.39 is 0 Å². The molecule has 3 rings (SSSR count). The van der Waals surface area contributed by atoms with Crippen LogP contribution in [0.15, 0.2) is 24.4 Å². The summed E-state index contributed by atoms with van der Waals surface area (Å²) in [6, 6.07) is 5.51. The van der Waals surface area contributed by atoms with Gasteiger partial charge in [0.25, 0.3) is 0 Å². The van der Waals surface area contributed by atoms with Crippen molar-refractivity contribution in [2.24, 2.45) is 0 Å². The Morgan fingerprint density at radius 3 is 3.00 bits per heavy atom. The quantitative estimate of drug-likeness (QED) is 0.865. The zero-order chi connectivity index (χ0) is 14.8. The molecule has 0 bridgehead atoms. The Kier molecular flexibility index (Phi) is 4.12. The highest BCUT2D eigenvalue weighted by Crippen LogP contribution is 2.41. The van der Waals surface area contributed by atoms with Crippen molar-refractivity contribution in [3.63, 3.8) is 0 Å². The standard InChI is InChI=1S/C15H16ClN3OS/c1-9(20)19-14-6-11(4-5-13(14)16)17-7-12-8-18-15(21-12)10-2-3-10/h4-6,8,10,17H,2-3,7H2,1H3,(H,19,20). The first-order valence-electron chi connectivity index (χ1n) is 6.87. The van der Waals surface area contributed by atoms with E-state index >= 15 is 0 Å². The number of halogens is 1. The smallest absolute Gasteiger partial charge is 0.221 e. The van der Waals surface area contributed by atoms with Crippen LogP contribution in [0.5, 0.6) is 0 Å². The van der Waals surface area contributed by atoms with Gasteiger partial charge in [-0.25, -0.2) is 4.98 Å². The summed E-state index contributed by atoms with van der Waals surface area (Å²) in [7, 11) is 0. The molecule has 1 saturated carbocycles. The SMILES string of the molecule is CC(=O)Nc1cc(NCc2cnc(C3CC3)s2)ccc1Cl. The van der Waals surface area contributed by atoms with E-state index in [-0.39, 0.29) is 5.91 Å². The van der Waals surface area contributed by atoms with Crippen molar-refractivity contribution in [1.82, 2.24) is 4.98 Å². The third-order valence-corrected chi connectivity index (χ3v) is 4.73. The van der Waals surface area contributed by atoms with E-state index in [9.17, 15) is 4.79 Å². The first-order valence-corrected chi connectivity index (χ1v) is 8.07. The molecule has 0 atom stereocenters. The van der Waals surface area contributed by atoms with E-state index in [2.05, 4.69) is 15.6 Å². The second-order valence-corrected chi connectivity index (χ2v) is 6.72. The topological polar surface area (TPSA) is 54.0 Å². The summed E-state index contributed by atoms with van der Waals surface area (Å²) in [6.45, 7) is 2.19. The second-order valence-electron chi connectivity index (χ2n) is 5.17. The highest BCUT2D eigenvalue weighted by molar-refractivity contribution is 7.11. The molecule has 1 fully saturated rings. The van der Waals surface area contributed by atoms with Crippen LogP contribution in [0.3, 0.4) is 0 Å². The minimum absolute atomic E-state index is 0.134. The molecular formula is C15H16ClN3OS. The normalized spacial score (nSPS) is 14.0. The number of anilines is 2. The summed E-state index contributed by atoms with van der Waals surface area (Å²) in [5.41, 5.74) is 1.54. The van der Waals surface area contributed by atoms with Crippen molar-refractivity contribution in [3.8, 4) is 0 Å². The molecule has 1 aliphatic rings. The highest BCUT2D eigenvalue weighted by Gasteiger charge is 2.26. The molecule has 0 aliphatic heterocycles. The number of carbonyl (C=O) groups excluding carboxylic acids is 1. The van der Waals surface area contributed by atoms with Gasteiger partial charge in [-0.15, -0.1) is 11.3 Å². The number of hydrogen-bond acceptors (Lipinski definition) is 4. The number of hydrogen-bond donors (Lipinski definition) is 2.